The van der Waals surface area contributed by atoms with Crippen molar-refractivity contribution in [1.82, 2.24) is 0 Å². The van der Waals surface area contributed by atoms with Crippen molar-refractivity contribution in [2.75, 3.05) is 7.11 Å². The van der Waals surface area contributed by atoms with Crippen molar-refractivity contribution < 1.29 is 4.74 Å². The monoisotopic (exact) mass is 127 g/mol. The van der Waals surface area contributed by atoms with Gasteiger partial charge >= 0.3 is 0 Å². The van der Waals surface area contributed by atoms with Gasteiger partial charge in [0, 0.05) is 7.11 Å². The maximum Gasteiger partial charge on any atom is 0.153 e. The Bertz CT molecular complexity index is 102. The quantitative estimate of drug-likeness (QED) is 0.578. The largest absolute Gasteiger partial charge is 0.363 e. The summed E-state index contributed by atoms with van der Waals surface area (Å²) in [5.74, 6) is 0. The van der Waals surface area contributed by atoms with E-state index in [0.29, 0.717) is 0 Å². The lowest BCUT2D eigenvalue weighted by molar-refractivity contribution is 0.0327. The molecule has 0 radical (unpaired) electrons. The summed E-state index contributed by atoms with van der Waals surface area (Å²) >= 11 is 0. The first kappa shape index (κ1) is 8.45. The first-order valence-electron chi connectivity index (χ1n) is 3.21. The predicted molar refractivity (Wildman–Crippen MR) is 35.9 cm³/mol. The lowest BCUT2D eigenvalue weighted by Crippen LogP contribution is -2.26. The SMILES string of the molecule is CCC(C#N)(CC)OC. The fourth-order valence-corrected chi connectivity index (χ4v) is 0.742. The Balaban J connectivity index is 4.04. The number of hydrogen-bond acceptors (Lipinski definition) is 2. The first-order chi connectivity index (χ1) is 4.24. The minimum absolute atomic E-state index is 0.528. The van der Waals surface area contributed by atoms with E-state index in [1.165, 1.54) is 0 Å². The highest BCUT2D eigenvalue weighted by Gasteiger charge is 2.23. The normalized spacial score (nSPS) is 10.9. The molecule has 0 N–H and O–H groups in total. The third kappa shape index (κ3) is 1.69. The second kappa shape index (κ2) is 3.47. The van der Waals surface area contributed by atoms with Gasteiger partial charge in [-0.2, -0.15) is 5.26 Å². The molecule has 0 rings (SSSR count). The third-order valence-electron chi connectivity index (χ3n) is 1.74. The molecule has 0 saturated carbocycles. The summed E-state index contributed by atoms with van der Waals surface area (Å²) in [5, 5.41) is 8.60. The molecule has 0 aromatic rings. The summed E-state index contributed by atoms with van der Waals surface area (Å²) in [5.41, 5.74) is -0.528. The van der Waals surface area contributed by atoms with Gasteiger partial charge in [-0.3, -0.25) is 0 Å². The van der Waals surface area contributed by atoms with Gasteiger partial charge in [-0.25, -0.2) is 0 Å². The summed E-state index contributed by atoms with van der Waals surface area (Å²) < 4.78 is 5.02. The van der Waals surface area contributed by atoms with Gasteiger partial charge in [0.25, 0.3) is 0 Å². The van der Waals surface area contributed by atoms with Crippen LogP contribution in [0.5, 0.6) is 0 Å². The summed E-state index contributed by atoms with van der Waals surface area (Å²) in [7, 11) is 1.58. The molecule has 2 nitrogen and oxygen atoms in total. The van der Waals surface area contributed by atoms with Crippen molar-refractivity contribution in [3.8, 4) is 6.07 Å². The van der Waals surface area contributed by atoms with E-state index in [9.17, 15) is 0 Å². The molecule has 2 heteroatoms. The van der Waals surface area contributed by atoms with Crippen LogP contribution in [0, 0.1) is 11.3 Å². The summed E-state index contributed by atoms with van der Waals surface area (Å²) in [4.78, 5) is 0. The fraction of sp³-hybridized carbons (Fsp3) is 0.857. The third-order valence-corrected chi connectivity index (χ3v) is 1.74. The Labute approximate surface area is 56.4 Å². The van der Waals surface area contributed by atoms with Crippen LogP contribution in [0.1, 0.15) is 26.7 Å². The number of methoxy groups -OCH3 is 1. The molecule has 0 spiro atoms. The fourth-order valence-electron chi connectivity index (χ4n) is 0.742. The lowest BCUT2D eigenvalue weighted by Gasteiger charge is -2.20. The average molecular weight is 127 g/mol. The molecular weight excluding hydrogens is 114 g/mol. The van der Waals surface area contributed by atoms with Crippen molar-refractivity contribution in [2.45, 2.75) is 32.3 Å². The van der Waals surface area contributed by atoms with Crippen LogP contribution < -0.4 is 0 Å². The molecule has 0 heterocycles. The van der Waals surface area contributed by atoms with Crippen molar-refractivity contribution >= 4 is 0 Å². The van der Waals surface area contributed by atoms with Gasteiger partial charge in [-0.1, -0.05) is 13.8 Å². The molecule has 0 aromatic heterocycles. The van der Waals surface area contributed by atoms with Gasteiger partial charge in [0.2, 0.25) is 0 Å². The molecule has 0 aliphatic rings. The summed E-state index contributed by atoms with van der Waals surface area (Å²) in [6.07, 6.45) is 1.52. The van der Waals surface area contributed by atoms with Gasteiger partial charge in [0.15, 0.2) is 5.60 Å². The van der Waals surface area contributed by atoms with Gasteiger partial charge in [-0.05, 0) is 12.8 Å². The van der Waals surface area contributed by atoms with Crippen LogP contribution in [-0.2, 0) is 4.74 Å². The van der Waals surface area contributed by atoms with Crippen molar-refractivity contribution in [1.29, 1.82) is 5.26 Å². The predicted octanol–water partition coefficient (Wildman–Crippen LogP) is 1.72. The number of hydrogen-bond donors (Lipinski definition) is 0. The van der Waals surface area contributed by atoms with Crippen molar-refractivity contribution in [3.05, 3.63) is 0 Å². The second-order valence-corrected chi connectivity index (χ2v) is 2.02. The Morgan fingerprint density at radius 2 is 1.89 bits per heavy atom. The number of nitrogens with zero attached hydrogens (tertiary/aromatic N) is 1. The maximum absolute atomic E-state index is 8.60. The first-order valence-corrected chi connectivity index (χ1v) is 3.21. The van der Waals surface area contributed by atoms with Gasteiger partial charge < -0.3 is 4.74 Å². The Morgan fingerprint density at radius 1 is 1.44 bits per heavy atom. The summed E-state index contributed by atoms with van der Waals surface area (Å²) in [6, 6.07) is 2.14. The Hall–Kier alpha value is -0.550. The zero-order valence-electron chi connectivity index (χ0n) is 6.27. The van der Waals surface area contributed by atoms with Gasteiger partial charge in [0.05, 0.1) is 6.07 Å². The van der Waals surface area contributed by atoms with Crippen LogP contribution in [0.4, 0.5) is 0 Å². The average Bonchev–Trinajstić information content (AvgIpc) is 1.95. The number of rotatable bonds is 3. The van der Waals surface area contributed by atoms with Crippen LogP contribution in [0.3, 0.4) is 0 Å². The Kier molecular flexibility index (Phi) is 3.26. The number of ether oxygens (including phenoxy) is 1. The maximum atomic E-state index is 8.60. The van der Waals surface area contributed by atoms with E-state index in [4.69, 9.17) is 10.00 Å². The van der Waals surface area contributed by atoms with E-state index < -0.39 is 5.60 Å². The molecule has 9 heavy (non-hydrogen) atoms. The molecule has 0 saturated heterocycles. The molecule has 0 atom stereocenters. The zero-order chi connectivity index (χ0) is 7.33. The molecule has 0 aromatic carbocycles. The highest BCUT2D eigenvalue weighted by Crippen LogP contribution is 2.17. The molecule has 0 bridgehead atoms. The second-order valence-electron chi connectivity index (χ2n) is 2.02. The standard InChI is InChI=1S/C7H13NO/c1-4-7(5-2,6-8)9-3/h4-5H2,1-3H3. The zero-order valence-corrected chi connectivity index (χ0v) is 6.27. The van der Waals surface area contributed by atoms with Crippen LogP contribution in [0.15, 0.2) is 0 Å². The highest BCUT2D eigenvalue weighted by atomic mass is 16.5. The molecule has 0 fully saturated rings. The van der Waals surface area contributed by atoms with E-state index in [0.717, 1.165) is 12.8 Å². The van der Waals surface area contributed by atoms with E-state index in [2.05, 4.69) is 6.07 Å². The van der Waals surface area contributed by atoms with Crippen LogP contribution >= 0.6 is 0 Å². The van der Waals surface area contributed by atoms with Crippen molar-refractivity contribution in [3.63, 3.8) is 0 Å². The molecule has 0 amide bonds. The minimum Gasteiger partial charge on any atom is -0.363 e. The molecule has 0 aliphatic carbocycles. The van der Waals surface area contributed by atoms with E-state index in [1.54, 1.807) is 7.11 Å². The van der Waals surface area contributed by atoms with Crippen LogP contribution in [0.25, 0.3) is 0 Å². The Morgan fingerprint density at radius 3 is 1.89 bits per heavy atom. The van der Waals surface area contributed by atoms with Crippen molar-refractivity contribution in [2.24, 2.45) is 0 Å². The van der Waals surface area contributed by atoms with Crippen LogP contribution in [0.2, 0.25) is 0 Å². The van der Waals surface area contributed by atoms with E-state index >= 15 is 0 Å². The van der Waals surface area contributed by atoms with Crippen LogP contribution in [-0.4, -0.2) is 12.7 Å². The lowest BCUT2D eigenvalue weighted by atomic mass is 10.00. The molecule has 0 unspecified atom stereocenters. The summed E-state index contributed by atoms with van der Waals surface area (Å²) in [6.45, 7) is 3.91. The molecular formula is C7H13NO. The minimum atomic E-state index is -0.528. The van der Waals surface area contributed by atoms with E-state index in [1.807, 2.05) is 13.8 Å². The molecule has 0 aliphatic heterocycles. The molecule has 52 valence electrons. The number of nitriles is 1. The highest BCUT2D eigenvalue weighted by molar-refractivity contribution is 4.99. The van der Waals surface area contributed by atoms with E-state index in [-0.39, 0.29) is 0 Å². The van der Waals surface area contributed by atoms with Gasteiger partial charge in [0.1, 0.15) is 0 Å². The van der Waals surface area contributed by atoms with Gasteiger partial charge in [-0.15, -0.1) is 0 Å². The topological polar surface area (TPSA) is 33.0 Å². The smallest absolute Gasteiger partial charge is 0.153 e.